The molecule has 0 unspecified atom stereocenters. The van der Waals surface area contributed by atoms with Gasteiger partial charge in [-0.3, -0.25) is 0 Å². The Balaban J connectivity index is 0.00000364. The van der Waals surface area contributed by atoms with E-state index in [9.17, 15) is 0 Å². The van der Waals surface area contributed by atoms with Gasteiger partial charge >= 0.3 is 21.1 Å². The average Bonchev–Trinajstić information content (AvgIpc) is 3.51. The van der Waals surface area contributed by atoms with Crippen LogP contribution < -0.4 is 9.61 Å². The van der Waals surface area contributed by atoms with Gasteiger partial charge in [0.2, 0.25) is 0 Å². The van der Waals surface area contributed by atoms with Crippen LogP contribution in [0.1, 0.15) is 0 Å². The summed E-state index contributed by atoms with van der Waals surface area (Å²) in [7, 11) is -2.45. The van der Waals surface area contributed by atoms with Crippen LogP contribution in [0.2, 0.25) is 13.1 Å². The molecular formula is C42H30N2OPtSSi. The number of nitrogens with zero attached hydrogens (tertiary/aromatic N) is 2. The summed E-state index contributed by atoms with van der Waals surface area (Å²) < 4.78 is 9.20. The van der Waals surface area contributed by atoms with E-state index in [4.69, 9.17) is 14.4 Å². The molecule has 3 nitrogen and oxygen atoms in total. The maximum atomic E-state index is 6.78. The molecule has 0 spiro atoms. The Bertz CT molecular complexity index is 2390. The Hall–Kier alpha value is -4.67. The minimum Gasteiger partial charge on any atom is -0.556 e. The predicted octanol–water partition coefficient (Wildman–Crippen LogP) is 10.6. The van der Waals surface area contributed by atoms with Crippen LogP contribution in [0.4, 0.5) is 0 Å². The van der Waals surface area contributed by atoms with Crippen molar-refractivity contribution in [2.75, 3.05) is 0 Å². The number of rotatable bonds is 7. The molecule has 6 heteroatoms. The second-order valence-corrected chi connectivity index (χ2v) is 16.8. The number of benzene rings is 5. The fourth-order valence-electron chi connectivity index (χ4n) is 6.14. The quantitative estimate of drug-likeness (QED) is 0.119. The van der Waals surface area contributed by atoms with Gasteiger partial charge in [0.15, 0.2) is 0 Å². The maximum absolute atomic E-state index is 6.78. The van der Waals surface area contributed by atoms with E-state index in [0.29, 0.717) is 0 Å². The van der Waals surface area contributed by atoms with Gasteiger partial charge in [0.05, 0.1) is 0 Å². The normalized spacial score (nSPS) is 11.4. The molecule has 0 bridgehead atoms. The number of fused-ring (bicyclic) bond motifs is 3. The molecule has 0 amide bonds. The van der Waals surface area contributed by atoms with Crippen molar-refractivity contribution in [2.24, 2.45) is 0 Å². The van der Waals surface area contributed by atoms with Gasteiger partial charge in [0, 0.05) is 33.2 Å². The summed E-state index contributed by atoms with van der Waals surface area (Å²) >= 11 is 1.77. The third-order valence-electron chi connectivity index (χ3n) is 8.48. The second-order valence-electron chi connectivity index (χ2n) is 12.0. The molecule has 3 heterocycles. The molecule has 8 aromatic rings. The topological polar surface area (TPSA) is 35.0 Å². The molecule has 0 aliphatic heterocycles. The van der Waals surface area contributed by atoms with Crippen molar-refractivity contribution in [1.82, 2.24) is 9.97 Å². The summed E-state index contributed by atoms with van der Waals surface area (Å²) in [5, 5.41) is 3.54. The molecule has 0 aliphatic rings. The third-order valence-corrected chi connectivity index (χ3v) is 12.0. The third kappa shape index (κ3) is 6.17. The predicted molar refractivity (Wildman–Crippen MR) is 199 cm³/mol. The van der Waals surface area contributed by atoms with E-state index in [1.165, 1.54) is 36.9 Å². The van der Waals surface area contributed by atoms with Crippen molar-refractivity contribution >= 4 is 45.0 Å². The van der Waals surface area contributed by atoms with Gasteiger partial charge in [0.25, 0.3) is 8.32 Å². The van der Waals surface area contributed by atoms with Crippen molar-refractivity contribution in [3.05, 3.63) is 158 Å². The first kappa shape index (κ1) is 31.9. The Labute approximate surface area is 300 Å². The fourth-order valence-corrected chi connectivity index (χ4v) is 9.05. The van der Waals surface area contributed by atoms with Crippen LogP contribution in [0, 0.1) is 12.1 Å². The van der Waals surface area contributed by atoms with Crippen molar-refractivity contribution in [3.8, 4) is 50.5 Å². The molecule has 0 N–H and O–H groups in total. The largest absolute Gasteiger partial charge is 2.00 e. The zero-order valence-electron chi connectivity index (χ0n) is 26.4. The van der Waals surface area contributed by atoms with Crippen LogP contribution in [0.5, 0.6) is 5.75 Å². The summed E-state index contributed by atoms with van der Waals surface area (Å²) in [6, 6.07) is 53.5. The summed E-state index contributed by atoms with van der Waals surface area (Å²) in [5.41, 5.74) is 8.37. The molecule has 0 aliphatic carbocycles. The number of aromatic nitrogens is 2. The van der Waals surface area contributed by atoms with E-state index < -0.39 is 8.32 Å². The Morgan fingerprint density at radius 2 is 1.31 bits per heavy atom. The van der Waals surface area contributed by atoms with Gasteiger partial charge in [-0.15, -0.1) is 70.1 Å². The molecule has 8 rings (SSSR count). The summed E-state index contributed by atoms with van der Waals surface area (Å²) in [5.74, 6) is 0.718. The van der Waals surface area contributed by atoms with E-state index in [1.807, 2.05) is 30.6 Å². The van der Waals surface area contributed by atoms with Gasteiger partial charge in [0.1, 0.15) is 0 Å². The van der Waals surface area contributed by atoms with Crippen molar-refractivity contribution in [2.45, 2.75) is 13.1 Å². The minimum absolute atomic E-state index is 0. The summed E-state index contributed by atoms with van der Waals surface area (Å²) in [6.45, 7) is 4.40. The van der Waals surface area contributed by atoms with E-state index in [0.717, 1.165) is 39.0 Å². The number of pyridine rings is 2. The first-order valence-electron chi connectivity index (χ1n) is 15.7. The number of hydrogen-bond donors (Lipinski definition) is 0. The molecule has 5 aromatic carbocycles. The SMILES string of the molecule is C[Si](C)(Oc1[c-]c(-c2nccc3c2sc2ccccc23)ccc1)c1[c-]c(-c2cc(-c3ccccc3-c3ccccc3)ccn2)ccc1.[Pt+2]. The molecule has 48 heavy (non-hydrogen) atoms. The Kier molecular flexibility index (Phi) is 8.93. The van der Waals surface area contributed by atoms with Gasteiger partial charge in [-0.2, -0.15) is 0 Å². The van der Waals surface area contributed by atoms with Crippen LogP contribution in [0.25, 0.3) is 64.9 Å². The number of hydrogen-bond acceptors (Lipinski definition) is 4. The van der Waals surface area contributed by atoms with Crippen LogP contribution in [-0.2, 0) is 21.1 Å². The Morgan fingerprint density at radius 1 is 0.604 bits per heavy atom. The van der Waals surface area contributed by atoms with Gasteiger partial charge in [-0.1, -0.05) is 84.9 Å². The first-order valence-corrected chi connectivity index (χ1v) is 19.4. The van der Waals surface area contributed by atoms with Gasteiger partial charge < -0.3 is 14.4 Å². The average molecular weight is 834 g/mol. The Morgan fingerprint density at radius 3 is 2.17 bits per heavy atom. The van der Waals surface area contributed by atoms with E-state index in [1.54, 1.807) is 11.3 Å². The maximum Gasteiger partial charge on any atom is 2.00 e. The van der Waals surface area contributed by atoms with E-state index in [-0.39, 0.29) is 21.1 Å². The monoisotopic (exact) mass is 833 g/mol. The smallest absolute Gasteiger partial charge is 0.556 e. The summed E-state index contributed by atoms with van der Waals surface area (Å²) in [4.78, 5) is 9.55. The van der Waals surface area contributed by atoms with Crippen molar-refractivity contribution in [3.63, 3.8) is 0 Å². The zero-order valence-corrected chi connectivity index (χ0v) is 30.5. The summed E-state index contributed by atoms with van der Waals surface area (Å²) in [6.07, 6.45) is 3.78. The standard InChI is InChI=1S/C42H30N2OSSi.Pt/c1-47(2,45-33-16-10-15-32(26-33)41-42-38(23-25-44-41)37-20-8-9-21-40(37)46-42)34-17-11-14-31(27-34)39-28-30(22-24-43-39)36-19-7-6-18-35(36)29-12-4-3-5-13-29;/h3-25,28H,1-2H3;/q-2;+2. The van der Waals surface area contributed by atoms with E-state index in [2.05, 4.69) is 140 Å². The number of thiophene rings is 1. The molecule has 0 atom stereocenters. The van der Waals surface area contributed by atoms with Crippen molar-refractivity contribution in [1.29, 1.82) is 0 Å². The second kappa shape index (κ2) is 13.4. The van der Waals surface area contributed by atoms with Crippen LogP contribution in [0.3, 0.4) is 0 Å². The van der Waals surface area contributed by atoms with Crippen molar-refractivity contribution < 1.29 is 25.5 Å². The van der Waals surface area contributed by atoms with E-state index >= 15 is 0 Å². The molecule has 0 saturated heterocycles. The molecule has 3 aromatic heterocycles. The first-order chi connectivity index (χ1) is 23.0. The molecular weight excluding hydrogens is 804 g/mol. The zero-order chi connectivity index (χ0) is 31.8. The molecule has 234 valence electrons. The van der Waals surface area contributed by atoms with Crippen LogP contribution >= 0.6 is 11.3 Å². The van der Waals surface area contributed by atoms with Gasteiger partial charge in [-0.05, 0) is 70.0 Å². The molecule has 0 radical (unpaired) electrons. The van der Waals surface area contributed by atoms with Gasteiger partial charge in [-0.25, -0.2) is 0 Å². The molecule has 0 fully saturated rings. The fraction of sp³-hybridized carbons (Fsp3) is 0.0476. The van der Waals surface area contributed by atoms with Crippen LogP contribution in [0.15, 0.2) is 146 Å². The minimum atomic E-state index is -2.45. The van der Waals surface area contributed by atoms with Crippen LogP contribution in [-0.4, -0.2) is 18.3 Å². The molecule has 0 saturated carbocycles.